The minimum absolute atomic E-state index is 0.0343. The normalized spacial score (nSPS) is 11.2. The van der Waals surface area contributed by atoms with Gasteiger partial charge in [-0.25, -0.2) is 0 Å². The predicted molar refractivity (Wildman–Crippen MR) is 67.8 cm³/mol. The van der Waals surface area contributed by atoms with E-state index in [2.05, 4.69) is 12.2 Å². The van der Waals surface area contributed by atoms with E-state index in [0.717, 1.165) is 12.0 Å². The lowest BCUT2D eigenvalue weighted by Gasteiger charge is -2.24. The SMILES string of the molecule is CCC(C)(C)NC(=O)c1ccc(CCl)cc1. The van der Waals surface area contributed by atoms with Crippen molar-refractivity contribution in [2.45, 2.75) is 38.6 Å². The van der Waals surface area contributed by atoms with E-state index < -0.39 is 0 Å². The van der Waals surface area contributed by atoms with Crippen LogP contribution in [0, 0.1) is 0 Å². The largest absolute Gasteiger partial charge is 0.347 e. The number of hydrogen-bond donors (Lipinski definition) is 1. The Labute approximate surface area is 102 Å². The molecule has 0 saturated carbocycles. The maximum Gasteiger partial charge on any atom is 0.251 e. The van der Waals surface area contributed by atoms with Crippen molar-refractivity contribution in [1.82, 2.24) is 5.32 Å². The second-order valence-electron chi connectivity index (χ2n) is 4.52. The zero-order valence-corrected chi connectivity index (χ0v) is 10.8. The van der Waals surface area contributed by atoms with Gasteiger partial charge in [-0.1, -0.05) is 19.1 Å². The summed E-state index contributed by atoms with van der Waals surface area (Å²) in [6.45, 7) is 6.08. The Morgan fingerprint density at radius 3 is 2.31 bits per heavy atom. The molecule has 0 saturated heterocycles. The Morgan fingerprint density at radius 1 is 1.31 bits per heavy atom. The van der Waals surface area contributed by atoms with Gasteiger partial charge in [-0.15, -0.1) is 11.6 Å². The molecule has 0 aliphatic heterocycles. The molecule has 0 heterocycles. The van der Waals surface area contributed by atoms with Crippen LogP contribution in [0.25, 0.3) is 0 Å². The summed E-state index contributed by atoms with van der Waals surface area (Å²) in [5.41, 5.74) is 1.53. The van der Waals surface area contributed by atoms with Gasteiger partial charge in [0, 0.05) is 17.0 Å². The highest BCUT2D eigenvalue weighted by molar-refractivity contribution is 6.17. The van der Waals surface area contributed by atoms with E-state index in [1.807, 2.05) is 26.0 Å². The lowest BCUT2D eigenvalue weighted by atomic mass is 10.0. The molecule has 0 radical (unpaired) electrons. The van der Waals surface area contributed by atoms with Gasteiger partial charge in [0.2, 0.25) is 0 Å². The standard InChI is InChI=1S/C13H18ClNO/c1-4-13(2,3)15-12(16)11-7-5-10(9-14)6-8-11/h5-8H,4,9H2,1-3H3,(H,15,16). The number of carbonyl (C=O) groups excluding carboxylic acids is 1. The zero-order chi connectivity index (χ0) is 12.2. The molecular weight excluding hydrogens is 222 g/mol. The van der Waals surface area contributed by atoms with Crippen molar-refractivity contribution in [1.29, 1.82) is 0 Å². The Hall–Kier alpha value is -1.02. The summed E-state index contributed by atoms with van der Waals surface area (Å²) in [6, 6.07) is 7.36. The van der Waals surface area contributed by atoms with E-state index in [-0.39, 0.29) is 11.4 Å². The Morgan fingerprint density at radius 2 is 1.88 bits per heavy atom. The van der Waals surface area contributed by atoms with E-state index in [0.29, 0.717) is 11.4 Å². The first-order chi connectivity index (χ1) is 7.48. The summed E-state index contributed by atoms with van der Waals surface area (Å²) < 4.78 is 0. The fourth-order valence-electron chi connectivity index (χ4n) is 1.21. The highest BCUT2D eigenvalue weighted by Gasteiger charge is 2.18. The molecule has 1 aromatic rings. The van der Waals surface area contributed by atoms with Gasteiger partial charge in [0.25, 0.3) is 5.91 Å². The van der Waals surface area contributed by atoms with Gasteiger partial charge in [0.15, 0.2) is 0 Å². The minimum atomic E-state index is -0.164. The van der Waals surface area contributed by atoms with E-state index >= 15 is 0 Å². The Balaban J connectivity index is 2.73. The summed E-state index contributed by atoms with van der Waals surface area (Å²) in [4.78, 5) is 11.9. The van der Waals surface area contributed by atoms with E-state index in [1.165, 1.54) is 0 Å². The zero-order valence-electron chi connectivity index (χ0n) is 10.0. The van der Waals surface area contributed by atoms with Gasteiger partial charge in [0.1, 0.15) is 0 Å². The fourth-order valence-corrected chi connectivity index (χ4v) is 1.39. The third-order valence-corrected chi connectivity index (χ3v) is 3.01. The van der Waals surface area contributed by atoms with Crippen LogP contribution in [0.5, 0.6) is 0 Å². The molecule has 0 atom stereocenters. The van der Waals surface area contributed by atoms with Crippen molar-refractivity contribution in [3.05, 3.63) is 35.4 Å². The number of rotatable bonds is 4. The third kappa shape index (κ3) is 3.53. The molecule has 1 rings (SSSR count). The smallest absolute Gasteiger partial charge is 0.251 e. The highest BCUT2D eigenvalue weighted by atomic mass is 35.5. The molecule has 0 fully saturated rings. The van der Waals surface area contributed by atoms with Crippen LogP contribution in [0.1, 0.15) is 43.1 Å². The van der Waals surface area contributed by atoms with Gasteiger partial charge < -0.3 is 5.32 Å². The molecular formula is C13H18ClNO. The van der Waals surface area contributed by atoms with Crippen LogP contribution < -0.4 is 5.32 Å². The van der Waals surface area contributed by atoms with Crippen molar-refractivity contribution >= 4 is 17.5 Å². The lowest BCUT2D eigenvalue weighted by molar-refractivity contribution is 0.0911. The van der Waals surface area contributed by atoms with Crippen LogP contribution in [-0.4, -0.2) is 11.4 Å². The first-order valence-electron chi connectivity index (χ1n) is 5.46. The number of nitrogens with one attached hydrogen (secondary N) is 1. The first-order valence-corrected chi connectivity index (χ1v) is 5.99. The molecule has 0 spiro atoms. The molecule has 0 aliphatic rings. The minimum Gasteiger partial charge on any atom is -0.347 e. The second kappa shape index (κ2) is 5.35. The summed E-state index contributed by atoms with van der Waals surface area (Å²) in [5, 5.41) is 2.99. The number of alkyl halides is 1. The van der Waals surface area contributed by atoms with Crippen molar-refractivity contribution in [3.63, 3.8) is 0 Å². The summed E-state index contributed by atoms with van der Waals surface area (Å²) in [5.74, 6) is 0.440. The quantitative estimate of drug-likeness (QED) is 0.803. The van der Waals surface area contributed by atoms with Gasteiger partial charge >= 0.3 is 0 Å². The Bertz CT molecular complexity index is 357. The molecule has 16 heavy (non-hydrogen) atoms. The van der Waals surface area contributed by atoms with E-state index in [9.17, 15) is 4.79 Å². The first kappa shape index (κ1) is 13.0. The average molecular weight is 240 g/mol. The topological polar surface area (TPSA) is 29.1 Å². The van der Waals surface area contributed by atoms with Crippen molar-refractivity contribution in [3.8, 4) is 0 Å². The monoisotopic (exact) mass is 239 g/mol. The predicted octanol–water partition coefficient (Wildman–Crippen LogP) is 3.34. The summed E-state index contributed by atoms with van der Waals surface area (Å²) >= 11 is 5.69. The molecule has 0 bridgehead atoms. The molecule has 88 valence electrons. The van der Waals surface area contributed by atoms with Crippen molar-refractivity contribution in [2.24, 2.45) is 0 Å². The van der Waals surface area contributed by atoms with Crippen LogP contribution in [0.15, 0.2) is 24.3 Å². The van der Waals surface area contributed by atoms with Crippen LogP contribution in [0.2, 0.25) is 0 Å². The van der Waals surface area contributed by atoms with Crippen molar-refractivity contribution < 1.29 is 4.79 Å². The van der Waals surface area contributed by atoms with Crippen LogP contribution in [0.3, 0.4) is 0 Å². The number of amides is 1. The Kier molecular flexibility index (Phi) is 4.36. The highest BCUT2D eigenvalue weighted by Crippen LogP contribution is 2.11. The van der Waals surface area contributed by atoms with Gasteiger partial charge in [0.05, 0.1) is 0 Å². The average Bonchev–Trinajstić information content (AvgIpc) is 2.28. The molecule has 2 nitrogen and oxygen atoms in total. The number of carbonyl (C=O) groups is 1. The molecule has 3 heteroatoms. The number of benzene rings is 1. The summed E-state index contributed by atoms with van der Waals surface area (Å²) in [6.07, 6.45) is 0.901. The molecule has 0 aliphatic carbocycles. The van der Waals surface area contributed by atoms with E-state index in [4.69, 9.17) is 11.6 Å². The van der Waals surface area contributed by atoms with Gasteiger partial charge in [-0.05, 0) is 38.0 Å². The van der Waals surface area contributed by atoms with Gasteiger partial charge in [-0.2, -0.15) is 0 Å². The molecule has 1 amide bonds. The molecule has 0 unspecified atom stereocenters. The fraction of sp³-hybridized carbons (Fsp3) is 0.462. The maximum absolute atomic E-state index is 11.9. The molecule has 1 aromatic carbocycles. The summed E-state index contributed by atoms with van der Waals surface area (Å²) in [7, 11) is 0. The maximum atomic E-state index is 11.9. The molecule has 1 N–H and O–H groups in total. The van der Waals surface area contributed by atoms with Crippen molar-refractivity contribution in [2.75, 3.05) is 0 Å². The lowest BCUT2D eigenvalue weighted by Crippen LogP contribution is -2.42. The number of hydrogen-bond acceptors (Lipinski definition) is 1. The van der Waals surface area contributed by atoms with Crippen LogP contribution >= 0.6 is 11.6 Å². The number of halogens is 1. The molecule has 0 aromatic heterocycles. The van der Waals surface area contributed by atoms with Crippen LogP contribution in [-0.2, 0) is 5.88 Å². The van der Waals surface area contributed by atoms with Crippen LogP contribution in [0.4, 0.5) is 0 Å². The van der Waals surface area contributed by atoms with E-state index in [1.54, 1.807) is 12.1 Å². The van der Waals surface area contributed by atoms with Gasteiger partial charge in [-0.3, -0.25) is 4.79 Å². The second-order valence-corrected chi connectivity index (χ2v) is 4.79. The third-order valence-electron chi connectivity index (χ3n) is 2.71.